The fourth-order valence-corrected chi connectivity index (χ4v) is 2.07. The van der Waals surface area contributed by atoms with Crippen LogP contribution in [0.1, 0.15) is 26.2 Å². The van der Waals surface area contributed by atoms with Gasteiger partial charge in [0, 0.05) is 32.0 Å². The molecule has 0 aromatic carbocycles. The van der Waals surface area contributed by atoms with Gasteiger partial charge in [0.05, 0.1) is 6.61 Å². The maximum Gasteiger partial charge on any atom is 0.409 e. The van der Waals surface area contributed by atoms with Crippen LogP contribution in [0.3, 0.4) is 0 Å². The third-order valence-electron chi connectivity index (χ3n) is 3.09. The zero-order valence-electron chi connectivity index (χ0n) is 11.6. The molecule has 5 heteroatoms. The normalized spacial score (nSPS) is 20.3. The second kappa shape index (κ2) is 7.36. The second-order valence-electron chi connectivity index (χ2n) is 5.09. The Bertz CT molecular complexity index is 292. The standard InChI is InChI=1S/C13H24N2O3/c1-4-5-8-18-13(17)15-7-6-12(16)11(10-15)9-14(2)3/h11H,4-10H2,1-3H3. The highest BCUT2D eigenvalue weighted by atomic mass is 16.6. The van der Waals surface area contributed by atoms with E-state index < -0.39 is 0 Å². The Balaban J connectivity index is 2.43. The largest absolute Gasteiger partial charge is 0.449 e. The second-order valence-corrected chi connectivity index (χ2v) is 5.09. The summed E-state index contributed by atoms with van der Waals surface area (Å²) < 4.78 is 5.17. The molecule has 1 unspecified atom stereocenters. The van der Waals surface area contributed by atoms with Crippen molar-refractivity contribution in [2.24, 2.45) is 5.92 Å². The van der Waals surface area contributed by atoms with Gasteiger partial charge in [-0.2, -0.15) is 0 Å². The van der Waals surface area contributed by atoms with Crippen molar-refractivity contribution in [1.82, 2.24) is 9.80 Å². The maximum absolute atomic E-state index is 11.8. The Kier molecular flexibility index (Phi) is 6.12. The van der Waals surface area contributed by atoms with Crippen molar-refractivity contribution in [1.29, 1.82) is 0 Å². The van der Waals surface area contributed by atoms with Crippen LogP contribution >= 0.6 is 0 Å². The lowest BCUT2D eigenvalue weighted by Crippen LogP contribution is -2.47. The molecule has 0 aliphatic carbocycles. The maximum atomic E-state index is 11.8. The predicted octanol–water partition coefficient (Wildman–Crippen LogP) is 1.38. The quantitative estimate of drug-likeness (QED) is 0.697. The van der Waals surface area contributed by atoms with Crippen LogP contribution in [0.25, 0.3) is 0 Å². The van der Waals surface area contributed by atoms with Gasteiger partial charge in [-0.05, 0) is 20.5 Å². The van der Waals surface area contributed by atoms with Gasteiger partial charge in [-0.15, -0.1) is 0 Å². The van der Waals surface area contributed by atoms with Gasteiger partial charge < -0.3 is 14.5 Å². The number of ether oxygens (including phenoxy) is 1. The lowest BCUT2D eigenvalue weighted by atomic mass is 9.96. The van der Waals surface area contributed by atoms with Crippen molar-refractivity contribution in [3.05, 3.63) is 0 Å². The van der Waals surface area contributed by atoms with E-state index >= 15 is 0 Å². The van der Waals surface area contributed by atoms with Crippen LogP contribution in [-0.4, -0.2) is 62.0 Å². The zero-order valence-corrected chi connectivity index (χ0v) is 11.6. The molecule has 5 nitrogen and oxygen atoms in total. The monoisotopic (exact) mass is 256 g/mol. The molecule has 1 aliphatic heterocycles. The van der Waals surface area contributed by atoms with E-state index in [0.29, 0.717) is 32.7 Å². The summed E-state index contributed by atoms with van der Waals surface area (Å²) >= 11 is 0. The van der Waals surface area contributed by atoms with Crippen LogP contribution in [-0.2, 0) is 9.53 Å². The molecule has 0 N–H and O–H groups in total. The number of hydrogen-bond donors (Lipinski definition) is 0. The van der Waals surface area contributed by atoms with E-state index in [4.69, 9.17) is 4.74 Å². The van der Waals surface area contributed by atoms with Crippen molar-refractivity contribution in [3.8, 4) is 0 Å². The number of carbonyl (C=O) groups excluding carboxylic acids is 2. The van der Waals surface area contributed by atoms with Gasteiger partial charge in [0.1, 0.15) is 5.78 Å². The summed E-state index contributed by atoms with van der Waals surface area (Å²) in [6, 6.07) is 0. The first kappa shape index (κ1) is 15.0. The van der Waals surface area contributed by atoms with Crippen molar-refractivity contribution < 1.29 is 14.3 Å². The number of nitrogens with zero attached hydrogens (tertiary/aromatic N) is 2. The molecule has 18 heavy (non-hydrogen) atoms. The number of ketones is 1. The minimum absolute atomic E-state index is 0.0764. The van der Waals surface area contributed by atoms with E-state index in [9.17, 15) is 9.59 Å². The van der Waals surface area contributed by atoms with Gasteiger partial charge in [-0.25, -0.2) is 4.79 Å². The summed E-state index contributed by atoms with van der Waals surface area (Å²) in [5.74, 6) is 0.175. The van der Waals surface area contributed by atoms with Crippen LogP contribution < -0.4 is 0 Å². The van der Waals surface area contributed by atoms with Crippen molar-refractivity contribution in [2.45, 2.75) is 26.2 Å². The molecule has 0 saturated carbocycles. The van der Waals surface area contributed by atoms with Gasteiger partial charge in [-0.1, -0.05) is 13.3 Å². The molecular formula is C13H24N2O3. The number of likely N-dealkylation sites (tertiary alicyclic amines) is 1. The molecule has 104 valence electrons. The van der Waals surface area contributed by atoms with Crippen LogP contribution in [0.4, 0.5) is 4.79 Å². The van der Waals surface area contributed by atoms with Gasteiger partial charge in [0.25, 0.3) is 0 Å². The van der Waals surface area contributed by atoms with Crippen LogP contribution in [0.5, 0.6) is 0 Å². The molecule has 0 radical (unpaired) electrons. The highest BCUT2D eigenvalue weighted by molar-refractivity contribution is 5.84. The number of Topliss-reactive ketones (excluding diaryl/α,β-unsaturated/α-hetero) is 1. The van der Waals surface area contributed by atoms with Gasteiger partial charge in [0.15, 0.2) is 0 Å². The molecule has 1 saturated heterocycles. The third kappa shape index (κ3) is 4.64. The summed E-state index contributed by atoms with van der Waals surface area (Å²) in [6.07, 6.45) is 2.07. The zero-order chi connectivity index (χ0) is 13.5. The summed E-state index contributed by atoms with van der Waals surface area (Å²) in [5.41, 5.74) is 0. The van der Waals surface area contributed by atoms with E-state index in [2.05, 4.69) is 6.92 Å². The highest BCUT2D eigenvalue weighted by Crippen LogP contribution is 2.14. The van der Waals surface area contributed by atoms with Gasteiger partial charge >= 0.3 is 6.09 Å². The summed E-state index contributed by atoms with van der Waals surface area (Å²) in [4.78, 5) is 27.2. The first-order chi connectivity index (χ1) is 8.54. The van der Waals surface area contributed by atoms with Crippen molar-refractivity contribution in [3.63, 3.8) is 0 Å². The summed E-state index contributed by atoms with van der Waals surface area (Å²) in [5, 5.41) is 0. The first-order valence-corrected chi connectivity index (χ1v) is 6.63. The molecule has 0 bridgehead atoms. The minimum Gasteiger partial charge on any atom is -0.449 e. The van der Waals surface area contributed by atoms with E-state index in [1.807, 2.05) is 19.0 Å². The topological polar surface area (TPSA) is 49.9 Å². The number of piperidine rings is 1. The molecule has 1 fully saturated rings. The van der Waals surface area contributed by atoms with Crippen LogP contribution in [0.2, 0.25) is 0 Å². The predicted molar refractivity (Wildman–Crippen MR) is 69.5 cm³/mol. The van der Waals surface area contributed by atoms with Crippen molar-refractivity contribution in [2.75, 3.05) is 40.3 Å². The molecule has 1 heterocycles. The smallest absolute Gasteiger partial charge is 0.409 e. The van der Waals surface area contributed by atoms with E-state index in [0.717, 1.165) is 12.8 Å². The lowest BCUT2D eigenvalue weighted by Gasteiger charge is -2.32. The lowest BCUT2D eigenvalue weighted by molar-refractivity contribution is -0.126. The van der Waals surface area contributed by atoms with E-state index in [1.54, 1.807) is 4.90 Å². The summed E-state index contributed by atoms with van der Waals surface area (Å²) in [7, 11) is 3.87. The molecule has 1 amide bonds. The number of hydrogen-bond acceptors (Lipinski definition) is 4. The molecule has 0 aromatic heterocycles. The van der Waals surface area contributed by atoms with Gasteiger partial charge in [0.2, 0.25) is 0 Å². The summed E-state index contributed by atoms with van der Waals surface area (Å²) in [6.45, 7) is 4.20. The third-order valence-corrected chi connectivity index (χ3v) is 3.09. The number of amides is 1. The SMILES string of the molecule is CCCCOC(=O)N1CCC(=O)C(CN(C)C)C1. The molecule has 0 aromatic rings. The Morgan fingerprint density at radius 3 is 2.83 bits per heavy atom. The molecule has 1 rings (SSSR count). The first-order valence-electron chi connectivity index (χ1n) is 6.63. The number of unbranched alkanes of at least 4 members (excludes halogenated alkanes) is 1. The Labute approximate surface area is 109 Å². The van der Waals surface area contributed by atoms with E-state index in [-0.39, 0.29) is 17.8 Å². The molecule has 0 spiro atoms. The molecule has 1 aliphatic rings. The average molecular weight is 256 g/mol. The fourth-order valence-electron chi connectivity index (χ4n) is 2.07. The number of carbonyl (C=O) groups is 2. The molecule has 1 atom stereocenters. The Morgan fingerprint density at radius 2 is 2.22 bits per heavy atom. The minimum atomic E-state index is -0.278. The Hall–Kier alpha value is -1.10. The molecular weight excluding hydrogens is 232 g/mol. The number of rotatable bonds is 5. The van der Waals surface area contributed by atoms with E-state index in [1.165, 1.54) is 0 Å². The highest BCUT2D eigenvalue weighted by Gasteiger charge is 2.30. The van der Waals surface area contributed by atoms with Gasteiger partial charge in [-0.3, -0.25) is 4.79 Å². The fraction of sp³-hybridized carbons (Fsp3) is 0.846. The average Bonchev–Trinajstić information content (AvgIpc) is 2.31. The van der Waals surface area contributed by atoms with Crippen molar-refractivity contribution >= 4 is 11.9 Å². The van der Waals surface area contributed by atoms with Crippen LogP contribution in [0.15, 0.2) is 0 Å². The Morgan fingerprint density at radius 1 is 1.50 bits per heavy atom. The van der Waals surface area contributed by atoms with Crippen LogP contribution in [0, 0.1) is 5.92 Å².